The molecule has 1 saturated carbocycles. The largest absolute Gasteiger partial charge is 0.252 e. The lowest BCUT2D eigenvalue weighted by Crippen LogP contribution is -2.15. The lowest BCUT2D eigenvalue weighted by molar-refractivity contribution is 0.621. The van der Waals surface area contributed by atoms with Crippen LogP contribution in [-0.2, 0) is 5.41 Å². The highest BCUT2D eigenvalue weighted by Crippen LogP contribution is 2.52. The van der Waals surface area contributed by atoms with Crippen LogP contribution < -0.4 is 0 Å². The number of benzene rings is 2. The van der Waals surface area contributed by atoms with Crippen molar-refractivity contribution in [1.82, 2.24) is 24.6 Å². The molecule has 1 fully saturated rings. The molecule has 0 atom stereocenters. The van der Waals surface area contributed by atoms with Gasteiger partial charge in [-0.2, -0.15) is 9.61 Å². The molecule has 6 rings (SSSR count). The van der Waals surface area contributed by atoms with Crippen LogP contribution >= 0.6 is 15.9 Å². The second-order valence-electron chi connectivity index (χ2n) is 7.60. The minimum Gasteiger partial charge on any atom is -0.252 e. The van der Waals surface area contributed by atoms with E-state index in [9.17, 15) is 4.39 Å². The number of fused-ring (bicyclic) bond motifs is 2. The first-order valence-electron chi connectivity index (χ1n) is 9.67. The first-order valence-corrected chi connectivity index (χ1v) is 10.5. The van der Waals surface area contributed by atoms with Gasteiger partial charge in [-0.15, -0.1) is 0 Å². The van der Waals surface area contributed by atoms with E-state index in [1.165, 1.54) is 6.07 Å². The molecule has 3 heterocycles. The van der Waals surface area contributed by atoms with E-state index >= 15 is 0 Å². The molecule has 30 heavy (non-hydrogen) atoms. The van der Waals surface area contributed by atoms with Crippen LogP contribution in [0.1, 0.15) is 24.2 Å². The molecule has 0 saturated heterocycles. The second kappa shape index (κ2) is 6.40. The minimum absolute atomic E-state index is 0.221. The van der Waals surface area contributed by atoms with Crippen molar-refractivity contribution in [1.29, 1.82) is 0 Å². The molecule has 1 aliphatic rings. The third kappa shape index (κ3) is 2.65. The summed E-state index contributed by atoms with van der Waals surface area (Å²) in [5, 5.41) is 5.87. The summed E-state index contributed by atoms with van der Waals surface area (Å²) in [5.74, 6) is 0.192. The number of pyridine rings is 1. The van der Waals surface area contributed by atoms with Crippen molar-refractivity contribution in [3.63, 3.8) is 0 Å². The zero-order valence-electron chi connectivity index (χ0n) is 15.8. The zero-order chi connectivity index (χ0) is 20.3. The van der Waals surface area contributed by atoms with Crippen LogP contribution in [0.2, 0.25) is 0 Å². The van der Waals surface area contributed by atoms with E-state index in [4.69, 9.17) is 10.1 Å². The molecule has 2 aromatic carbocycles. The number of rotatable bonds is 3. The van der Waals surface area contributed by atoms with Crippen molar-refractivity contribution < 1.29 is 4.39 Å². The Kier molecular flexibility index (Phi) is 3.77. The molecular weight excluding hydrogens is 445 g/mol. The van der Waals surface area contributed by atoms with Gasteiger partial charge < -0.3 is 0 Å². The number of aromatic nitrogens is 5. The topological polar surface area (TPSA) is 56.0 Å². The van der Waals surface area contributed by atoms with Crippen LogP contribution in [-0.4, -0.2) is 24.6 Å². The van der Waals surface area contributed by atoms with Crippen LogP contribution in [0.5, 0.6) is 0 Å². The Hall–Kier alpha value is -3.19. The van der Waals surface area contributed by atoms with Gasteiger partial charge in [-0.3, -0.25) is 4.98 Å². The van der Waals surface area contributed by atoms with Crippen molar-refractivity contribution in [2.24, 2.45) is 0 Å². The molecule has 0 bridgehead atoms. The predicted octanol–water partition coefficient (Wildman–Crippen LogP) is 5.32. The first kappa shape index (κ1) is 17.7. The van der Waals surface area contributed by atoms with E-state index in [1.54, 1.807) is 16.8 Å². The van der Waals surface area contributed by atoms with E-state index in [0.29, 0.717) is 21.5 Å². The summed E-state index contributed by atoms with van der Waals surface area (Å²) in [6, 6.07) is 17.3. The van der Waals surface area contributed by atoms with Gasteiger partial charge in [-0.25, -0.2) is 14.4 Å². The Morgan fingerprint density at radius 2 is 1.80 bits per heavy atom. The monoisotopic (exact) mass is 459 g/mol. The highest BCUT2D eigenvalue weighted by molar-refractivity contribution is 9.10. The SMILES string of the molecule is Fc1cc(-c2cnc3ncc(C4(c5ccc6ccccc6n5)CC4)n3n2)ccc1Br. The van der Waals surface area contributed by atoms with Gasteiger partial charge in [-0.1, -0.05) is 30.3 Å². The van der Waals surface area contributed by atoms with Crippen molar-refractivity contribution in [2.45, 2.75) is 18.3 Å². The molecule has 3 aromatic heterocycles. The van der Waals surface area contributed by atoms with E-state index in [-0.39, 0.29) is 11.2 Å². The molecule has 0 spiro atoms. The van der Waals surface area contributed by atoms with Gasteiger partial charge in [-0.05, 0) is 53.0 Å². The van der Waals surface area contributed by atoms with Gasteiger partial charge in [0, 0.05) is 10.9 Å². The van der Waals surface area contributed by atoms with Crippen molar-refractivity contribution in [2.75, 3.05) is 0 Å². The lowest BCUT2D eigenvalue weighted by atomic mass is 9.97. The van der Waals surface area contributed by atoms with Crippen LogP contribution in [0.15, 0.2) is 71.5 Å². The quantitative estimate of drug-likeness (QED) is 0.366. The maximum absolute atomic E-state index is 14.0. The summed E-state index contributed by atoms with van der Waals surface area (Å²) in [6.07, 6.45) is 5.42. The molecule has 0 aliphatic heterocycles. The third-order valence-corrected chi connectivity index (χ3v) is 6.42. The molecule has 0 N–H and O–H groups in total. The van der Waals surface area contributed by atoms with E-state index in [0.717, 1.165) is 35.1 Å². The van der Waals surface area contributed by atoms with Gasteiger partial charge in [0.25, 0.3) is 5.78 Å². The molecule has 7 heteroatoms. The molecule has 0 radical (unpaired) electrons. The van der Waals surface area contributed by atoms with Crippen LogP contribution in [0.4, 0.5) is 4.39 Å². The first-order chi connectivity index (χ1) is 14.6. The lowest BCUT2D eigenvalue weighted by Gasteiger charge is -2.15. The number of hydrogen-bond acceptors (Lipinski definition) is 4. The fourth-order valence-corrected chi connectivity index (χ4v) is 4.24. The number of nitrogens with zero attached hydrogens (tertiary/aromatic N) is 5. The Balaban J connectivity index is 1.49. The average Bonchev–Trinajstić information content (AvgIpc) is 3.47. The number of para-hydroxylation sites is 1. The summed E-state index contributed by atoms with van der Waals surface area (Å²) in [6.45, 7) is 0. The van der Waals surface area contributed by atoms with E-state index < -0.39 is 0 Å². The Labute approximate surface area is 179 Å². The summed E-state index contributed by atoms with van der Waals surface area (Å²) in [4.78, 5) is 13.8. The highest BCUT2D eigenvalue weighted by Gasteiger charge is 2.50. The maximum Gasteiger partial charge on any atom is 0.250 e. The van der Waals surface area contributed by atoms with Gasteiger partial charge >= 0.3 is 0 Å². The van der Waals surface area contributed by atoms with Crippen molar-refractivity contribution in [3.8, 4) is 11.3 Å². The number of halogens is 2. The normalized spacial score (nSPS) is 15.0. The van der Waals surface area contributed by atoms with Crippen molar-refractivity contribution >= 4 is 32.6 Å². The molecule has 1 aliphatic carbocycles. The summed E-state index contributed by atoms with van der Waals surface area (Å²) in [5.41, 5.74) is 4.00. The van der Waals surface area contributed by atoms with E-state index in [1.807, 2.05) is 30.5 Å². The van der Waals surface area contributed by atoms with Gasteiger partial charge in [0.05, 0.1) is 39.2 Å². The third-order valence-electron chi connectivity index (χ3n) is 5.77. The van der Waals surface area contributed by atoms with Crippen LogP contribution in [0.3, 0.4) is 0 Å². The predicted molar refractivity (Wildman–Crippen MR) is 116 cm³/mol. The Morgan fingerprint density at radius 3 is 2.63 bits per heavy atom. The van der Waals surface area contributed by atoms with E-state index in [2.05, 4.69) is 44.1 Å². The maximum atomic E-state index is 14.0. The Morgan fingerprint density at radius 1 is 0.967 bits per heavy atom. The number of imidazole rings is 1. The smallest absolute Gasteiger partial charge is 0.250 e. The second-order valence-corrected chi connectivity index (χ2v) is 8.45. The highest BCUT2D eigenvalue weighted by atomic mass is 79.9. The van der Waals surface area contributed by atoms with Crippen LogP contribution in [0.25, 0.3) is 27.9 Å². The minimum atomic E-state index is -0.334. The van der Waals surface area contributed by atoms with Gasteiger partial charge in [0.1, 0.15) is 11.5 Å². The standard InChI is InChI=1S/C23H15BrFN5/c24-16-7-5-15(11-17(16)25)19-12-26-22-27-13-21(30(22)29-19)23(9-10-23)20-8-6-14-3-1-2-4-18(14)28-20/h1-8,11-13H,9-10H2. The molecule has 0 unspecified atom stereocenters. The Bertz CT molecular complexity index is 1440. The van der Waals surface area contributed by atoms with Crippen molar-refractivity contribution in [3.05, 3.63) is 88.7 Å². The van der Waals surface area contributed by atoms with Crippen LogP contribution in [0, 0.1) is 5.82 Å². The fraction of sp³-hybridized carbons (Fsp3) is 0.130. The average molecular weight is 460 g/mol. The van der Waals surface area contributed by atoms with Gasteiger partial charge in [0.2, 0.25) is 0 Å². The summed E-state index contributed by atoms with van der Waals surface area (Å²) < 4.78 is 16.2. The molecule has 146 valence electrons. The molecule has 5 nitrogen and oxygen atoms in total. The molecular formula is C23H15BrFN5. The zero-order valence-corrected chi connectivity index (χ0v) is 17.3. The molecule has 0 amide bonds. The fourth-order valence-electron chi connectivity index (χ4n) is 3.99. The van der Waals surface area contributed by atoms with Gasteiger partial charge in [0.15, 0.2) is 0 Å². The molecule has 5 aromatic rings. The summed E-state index contributed by atoms with van der Waals surface area (Å²) >= 11 is 3.19. The number of hydrogen-bond donors (Lipinski definition) is 0. The summed E-state index contributed by atoms with van der Waals surface area (Å²) in [7, 11) is 0.